The van der Waals surface area contributed by atoms with Gasteiger partial charge in [-0.15, -0.1) is 0 Å². The Bertz CT molecular complexity index is 823. The van der Waals surface area contributed by atoms with E-state index in [1.807, 2.05) is 0 Å². The molecule has 0 atom stereocenters. The first-order valence-corrected chi connectivity index (χ1v) is 6.38. The molecule has 0 aliphatic carbocycles. The van der Waals surface area contributed by atoms with Crippen molar-refractivity contribution in [1.82, 2.24) is 9.78 Å². The summed E-state index contributed by atoms with van der Waals surface area (Å²) in [4.78, 5) is 35.1. The van der Waals surface area contributed by atoms with Crippen molar-refractivity contribution in [1.29, 1.82) is 0 Å². The highest BCUT2D eigenvalue weighted by Crippen LogP contribution is 2.22. The van der Waals surface area contributed by atoms with E-state index in [1.165, 1.54) is 14.0 Å². The highest BCUT2D eigenvalue weighted by molar-refractivity contribution is 5.95. The topological polar surface area (TPSA) is 98.5 Å². The molecule has 2 aromatic rings. The number of carbonyl (C=O) groups is 2. The van der Waals surface area contributed by atoms with E-state index in [-0.39, 0.29) is 11.4 Å². The second-order valence-corrected chi connectivity index (χ2v) is 4.70. The van der Waals surface area contributed by atoms with E-state index in [9.17, 15) is 14.4 Å². The quantitative estimate of drug-likeness (QED) is 0.858. The van der Waals surface area contributed by atoms with Gasteiger partial charge in [0.2, 0.25) is 0 Å². The summed E-state index contributed by atoms with van der Waals surface area (Å²) >= 11 is 0. The number of rotatable bonds is 4. The Kier molecular flexibility index (Phi) is 4.07. The van der Waals surface area contributed by atoms with Gasteiger partial charge in [-0.3, -0.25) is 9.59 Å². The standard InChI is InChI=1S/C15H14N2O5/c1-8-4-5-13(22-3)12(6-8)17-14(19)10(15(20)21)7-11(16-17)9(2)18/h4-7H,1-3H3,(H,20,21). The molecule has 22 heavy (non-hydrogen) atoms. The third-order valence-electron chi connectivity index (χ3n) is 3.07. The lowest BCUT2D eigenvalue weighted by Crippen LogP contribution is -2.29. The van der Waals surface area contributed by atoms with E-state index in [0.717, 1.165) is 16.3 Å². The van der Waals surface area contributed by atoms with Crippen molar-refractivity contribution < 1.29 is 19.4 Å². The van der Waals surface area contributed by atoms with Crippen LogP contribution >= 0.6 is 0 Å². The lowest BCUT2D eigenvalue weighted by atomic mass is 10.2. The van der Waals surface area contributed by atoms with E-state index in [0.29, 0.717) is 5.75 Å². The second-order valence-electron chi connectivity index (χ2n) is 4.70. The Hall–Kier alpha value is -2.96. The van der Waals surface area contributed by atoms with Gasteiger partial charge in [-0.1, -0.05) is 6.07 Å². The number of carbonyl (C=O) groups excluding carboxylic acids is 1. The fraction of sp³-hybridized carbons (Fsp3) is 0.200. The zero-order chi connectivity index (χ0) is 16.4. The van der Waals surface area contributed by atoms with Crippen molar-refractivity contribution in [3.05, 3.63) is 51.4 Å². The molecule has 0 aliphatic heterocycles. The summed E-state index contributed by atoms with van der Waals surface area (Å²) in [7, 11) is 1.42. The molecule has 0 fully saturated rings. The lowest BCUT2D eigenvalue weighted by molar-refractivity contribution is 0.0694. The normalized spacial score (nSPS) is 10.3. The summed E-state index contributed by atoms with van der Waals surface area (Å²) in [6.45, 7) is 3.05. The Balaban J connectivity index is 2.86. The van der Waals surface area contributed by atoms with Crippen molar-refractivity contribution in [3.63, 3.8) is 0 Å². The van der Waals surface area contributed by atoms with Crippen LogP contribution in [0, 0.1) is 6.92 Å². The summed E-state index contributed by atoms with van der Waals surface area (Å²) in [6.07, 6.45) is 0. The number of hydrogen-bond acceptors (Lipinski definition) is 5. The number of Topliss-reactive ketones (excluding diaryl/α,β-unsaturated/α-hetero) is 1. The third-order valence-corrected chi connectivity index (χ3v) is 3.07. The number of aromatic carboxylic acids is 1. The van der Waals surface area contributed by atoms with Gasteiger partial charge in [0.15, 0.2) is 5.78 Å². The molecule has 7 nitrogen and oxygen atoms in total. The number of methoxy groups -OCH3 is 1. The number of benzene rings is 1. The van der Waals surface area contributed by atoms with E-state index < -0.39 is 22.9 Å². The Morgan fingerprint density at radius 3 is 2.50 bits per heavy atom. The van der Waals surface area contributed by atoms with Crippen molar-refractivity contribution in [3.8, 4) is 11.4 Å². The molecular formula is C15H14N2O5. The van der Waals surface area contributed by atoms with Crippen LogP contribution in [-0.4, -0.2) is 33.7 Å². The molecule has 1 N–H and O–H groups in total. The van der Waals surface area contributed by atoms with Crippen LogP contribution in [0.2, 0.25) is 0 Å². The average Bonchev–Trinajstić information content (AvgIpc) is 2.46. The maximum Gasteiger partial charge on any atom is 0.341 e. The number of ketones is 1. The Labute approximate surface area is 125 Å². The van der Waals surface area contributed by atoms with Gasteiger partial charge < -0.3 is 9.84 Å². The van der Waals surface area contributed by atoms with E-state index in [4.69, 9.17) is 9.84 Å². The minimum Gasteiger partial charge on any atom is -0.494 e. The largest absolute Gasteiger partial charge is 0.494 e. The molecule has 0 bridgehead atoms. The third kappa shape index (κ3) is 2.73. The number of ether oxygens (including phenoxy) is 1. The van der Waals surface area contributed by atoms with Crippen molar-refractivity contribution in [2.45, 2.75) is 13.8 Å². The fourth-order valence-corrected chi connectivity index (χ4v) is 1.95. The predicted molar refractivity (Wildman–Crippen MR) is 78.1 cm³/mol. The van der Waals surface area contributed by atoms with Crippen molar-refractivity contribution in [2.24, 2.45) is 0 Å². The van der Waals surface area contributed by atoms with Gasteiger partial charge in [0, 0.05) is 6.92 Å². The molecular weight excluding hydrogens is 288 g/mol. The predicted octanol–water partition coefficient (Wildman–Crippen LogP) is 1.45. The van der Waals surface area contributed by atoms with Gasteiger partial charge in [-0.2, -0.15) is 9.78 Å². The maximum absolute atomic E-state index is 12.3. The molecule has 0 radical (unpaired) electrons. The average molecular weight is 302 g/mol. The highest BCUT2D eigenvalue weighted by atomic mass is 16.5. The van der Waals surface area contributed by atoms with Crippen LogP contribution < -0.4 is 10.3 Å². The van der Waals surface area contributed by atoms with Crippen molar-refractivity contribution in [2.75, 3.05) is 7.11 Å². The first kappa shape index (κ1) is 15.4. The summed E-state index contributed by atoms with van der Waals surface area (Å²) in [6, 6.07) is 6.02. The number of carboxylic acid groups (broad SMARTS) is 1. The van der Waals surface area contributed by atoms with Crippen LogP contribution in [0.4, 0.5) is 0 Å². The maximum atomic E-state index is 12.3. The molecule has 1 aromatic heterocycles. The monoisotopic (exact) mass is 302 g/mol. The van der Waals surface area contributed by atoms with Crippen LogP contribution in [0.5, 0.6) is 5.75 Å². The van der Waals surface area contributed by atoms with E-state index in [2.05, 4.69) is 5.10 Å². The molecule has 2 rings (SSSR count). The summed E-state index contributed by atoms with van der Waals surface area (Å²) < 4.78 is 6.06. The zero-order valence-corrected chi connectivity index (χ0v) is 12.3. The molecule has 1 aromatic carbocycles. The summed E-state index contributed by atoms with van der Waals surface area (Å²) in [5.74, 6) is -1.52. The van der Waals surface area contributed by atoms with Gasteiger partial charge in [-0.25, -0.2) is 4.79 Å². The number of aryl methyl sites for hydroxylation is 1. The Morgan fingerprint density at radius 1 is 1.27 bits per heavy atom. The molecule has 0 saturated carbocycles. The fourth-order valence-electron chi connectivity index (χ4n) is 1.95. The van der Waals surface area contributed by atoms with E-state index >= 15 is 0 Å². The minimum absolute atomic E-state index is 0.111. The molecule has 0 amide bonds. The first-order chi connectivity index (χ1) is 10.3. The van der Waals surface area contributed by atoms with Gasteiger partial charge in [0.1, 0.15) is 22.7 Å². The molecule has 0 spiro atoms. The van der Waals surface area contributed by atoms with Crippen LogP contribution in [0.15, 0.2) is 29.1 Å². The molecule has 7 heteroatoms. The number of nitrogens with zero attached hydrogens (tertiary/aromatic N) is 2. The molecule has 1 heterocycles. The first-order valence-electron chi connectivity index (χ1n) is 6.38. The highest BCUT2D eigenvalue weighted by Gasteiger charge is 2.19. The van der Waals surface area contributed by atoms with Gasteiger partial charge in [0.05, 0.1) is 7.11 Å². The molecule has 0 saturated heterocycles. The van der Waals surface area contributed by atoms with Crippen LogP contribution in [0.3, 0.4) is 0 Å². The molecule has 0 unspecified atom stereocenters. The number of hydrogen-bond donors (Lipinski definition) is 1. The lowest BCUT2D eigenvalue weighted by Gasteiger charge is -2.12. The van der Waals surface area contributed by atoms with E-state index in [1.54, 1.807) is 25.1 Å². The van der Waals surface area contributed by atoms with Gasteiger partial charge in [0.25, 0.3) is 5.56 Å². The Morgan fingerprint density at radius 2 is 1.95 bits per heavy atom. The number of carboxylic acids is 1. The molecule has 0 aliphatic rings. The zero-order valence-electron chi connectivity index (χ0n) is 12.3. The number of aromatic nitrogens is 2. The second kappa shape index (κ2) is 5.80. The van der Waals surface area contributed by atoms with Gasteiger partial charge >= 0.3 is 5.97 Å². The van der Waals surface area contributed by atoms with Crippen LogP contribution in [0.1, 0.15) is 33.3 Å². The SMILES string of the molecule is COc1ccc(C)cc1-n1nc(C(C)=O)cc(C(=O)O)c1=O. The van der Waals surface area contributed by atoms with Crippen molar-refractivity contribution >= 4 is 11.8 Å². The summed E-state index contributed by atoms with van der Waals surface area (Å²) in [5.41, 5.74) is -0.363. The smallest absolute Gasteiger partial charge is 0.341 e. The van der Waals surface area contributed by atoms with Crippen LogP contribution in [-0.2, 0) is 0 Å². The van der Waals surface area contributed by atoms with Gasteiger partial charge in [-0.05, 0) is 30.7 Å². The minimum atomic E-state index is -1.42. The van der Waals surface area contributed by atoms with Crippen LogP contribution in [0.25, 0.3) is 5.69 Å². The summed E-state index contributed by atoms with van der Waals surface area (Å²) in [5, 5.41) is 13.1. The molecule has 114 valence electrons.